The second-order valence-electron chi connectivity index (χ2n) is 6.30. The van der Waals surface area contributed by atoms with E-state index in [4.69, 9.17) is 4.98 Å². The number of amides is 1. The highest BCUT2D eigenvalue weighted by atomic mass is 32.1. The van der Waals surface area contributed by atoms with Gasteiger partial charge in [-0.3, -0.25) is 4.79 Å². The van der Waals surface area contributed by atoms with E-state index >= 15 is 0 Å². The minimum atomic E-state index is 0.0297. The second kappa shape index (κ2) is 7.66. The summed E-state index contributed by atoms with van der Waals surface area (Å²) in [6.07, 6.45) is 2.86. The molecular formula is C20H23N3OS. The first-order valence-electron chi connectivity index (χ1n) is 8.54. The molecule has 1 atom stereocenters. The molecule has 1 N–H and O–H groups in total. The maximum absolute atomic E-state index is 12.2. The highest BCUT2D eigenvalue weighted by molar-refractivity contribution is 7.13. The maximum atomic E-state index is 12.2. The Morgan fingerprint density at radius 2 is 2.04 bits per heavy atom. The monoisotopic (exact) mass is 353 g/mol. The molecule has 5 heteroatoms. The van der Waals surface area contributed by atoms with Crippen LogP contribution in [-0.4, -0.2) is 21.5 Å². The quantitative estimate of drug-likeness (QED) is 0.709. The molecule has 0 unspecified atom stereocenters. The van der Waals surface area contributed by atoms with Crippen molar-refractivity contribution in [1.82, 2.24) is 14.9 Å². The van der Waals surface area contributed by atoms with Crippen molar-refractivity contribution in [3.05, 3.63) is 53.5 Å². The van der Waals surface area contributed by atoms with Gasteiger partial charge >= 0.3 is 0 Å². The fourth-order valence-corrected chi connectivity index (χ4v) is 3.44. The molecule has 3 aromatic rings. The van der Waals surface area contributed by atoms with Crippen LogP contribution in [0.25, 0.3) is 22.0 Å². The SMILES string of the molecule is CC[C@@H](C)NC(=O)Cn1cccc1-c1nc(-c2ccc(C)cc2)cs1. The zero-order valence-corrected chi connectivity index (χ0v) is 15.6. The number of hydrogen-bond acceptors (Lipinski definition) is 3. The molecule has 0 aliphatic rings. The standard InChI is InChI=1S/C20H23N3OS/c1-4-15(3)21-19(24)12-23-11-5-6-18(23)20-22-17(13-25-20)16-9-7-14(2)8-10-16/h5-11,13,15H,4,12H2,1-3H3,(H,21,24)/t15-/m1/s1. The van der Waals surface area contributed by atoms with Crippen molar-refractivity contribution in [2.24, 2.45) is 0 Å². The zero-order chi connectivity index (χ0) is 17.8. The number of nitrogens with zero attached hydrogens (tertiary/aromatic N) is 2. The molecule has 0 spiro atoms. The fourth-order valence-electron chi connectivity index (χ4n) is 2.57. The topological polar surface area (TPSA) is 46.9 Å². The summed E-state index contributed by atoms with van der Waals surface area (Å²) in [5.41, 5.74) is 4.29. The smallest absolute Gasteiger partial charge is 0.240 e. The molecule has 0 radical (unpaired) electrons. The van der Waals surface area contributed by atoms with E-state index in [1.54, 1.807) is 11.3 Å². The lowest BCUT2D eigenvalue weighted by atomic mass is 10.1. The lowest BCUT2D eigenvalue weighted by Gasteiger charge is -2.13. The molecule has 2 heterocycles. The van der Waals surface area contributed by atoms with E-state index < -0.39 is 0 Å². The molecule has 0 fully saturated rings. The van der Waals surface area contributed by atoms with E-state index in [9.17, 15) is 4.79 Å². The Morgan fingerprint density at radius 1 is 1.28 bits per heavy atom. The molecule has 0 aliphatic heterocycles. The van der Waals surface area contributed by atoms with Gasteiger partial charge in [0.05, 0.1) is 11.4 Å². The highest BCUT2D eigenvalue weighted by Crippen LogP contribution is 2.29. The van der Waals surface area contributed by atoms with Gasteiger partial charge in [0.25, 0.3) is 0 Å². The zero-order valence-electron chi connectivity index (χ0n) is 14.8. The second-order valence-corrected chi connectivity index (χ2v) is 7.16. The van der Waals surface area contributed by atoms with Crippen LogP contribution in [0, 0.1) is 6.92 Å². The van der Waals surface area contributed by atoms with Crippen LogP contribution in [0.15, 0.2) is 48.0 Å². The summed E-state index contributed by atoms with van der Waals surface area (Å²) in [6.45, 7) is 6.47. The molecule has 3 rings (SSSR count). The molecule has 1 amide bonds. The van der Waals surface area contributed by atoms with Gasteiger partial charge in [-0.1, -0.05) is 36.8 Å². The summed E-state index contributed by atoms with van der Waals surface area (Å²) in [4.78, 5) is 16.9. The molecular weight excluding hydrogens is 330 g/mol. The van der Waals surface area contributed by atoms with Crippen LogP contribution in [0.5, 0.6) is 0 Å². The average molecular weight is 353 g/mol. The number of rotatable bonds is 6. The molecule has 0 saturated carbocycles. The van der Waals surface area contributed by atoms with E-state index in [1.165, 1.54) is 5.56 Å². The van der Waals surface area contributed by atoms with Crippen LogP contribution in [-0.2, 0) is 11.3 Å². The van der Waals surface area contributed by atoms with Crippen LogP contribution >= 0.6 is 11.3 Å². The number of thiazole rings is 1. The predicted molar refractivity (Wildman–Crippen MR) is 104 cm³/mol. The molecule has 130 valence electrons. The molecule has 0 aliphatic carbocycles. The molecule has 25 heavy (non-hydrogen) atoms. The molecule has 0 bridgehead atoms. The number of hydrogen-bond donors (Lipinski definition) is 1. The van der Waals surface area contributed by atoms with Crippen LogP contribution in [0.4, 0.5) is 0 Å². The number of carbonyl (C=O) groups is 1. The van der Waals surface area contributed by atoms with E-state index in [0.29, 0.717) is 6.54 Å². The van der Waals surface area contributed by atoms with Gasteiger partial charge in [-0.25, -0.2) is 4.98 Å². The van der Waals surface area contributed by atoms with Crippen molar-refractivity contribution < 1.29 is 4.79 Å². The predicted octanol–water partition coefficient (Wildman–Crippen LogP) is 4.50. The first-order valence-corrected chi connectivity index (χ1v) is 9.42. The number of carbonyl (C=O) groups excluding carboxylic acids is 1. The molecule has 1 aromatic carbocycles. The Hall–Kier alpha value is -2.40. The van der Waals surface area contributed by atoms with Crippen molar-refractivity contribution in [3.8, 4) is 22.0 Å². The van der Waals surface area contributed by atoms with Gasteiger partial charge in [-0.05, 0) is 32.4 Å². The lowest BCUT2D eigenvalue weighted by Crippen LogP contribution is -2.34. The summed E-state index contributed by atoms with van der Waals surface area (Å²) in [6, 6.07) is 12.5. The van der Waals surface area contributed by atoms with Gasteiger partial charge in [0.2, 0.25) is 5.91 Å². The highest BCUT2D eigenvalue weighted by Gasteiger charge is 2.13. The Morgan fingerprint density at radius 3 is 2.76 bits per heavy atom. The summed E-state index contributed by atoms with van der Waals surface area (Å²) >= 11 is 1.60. The van der Waals surface area contributed by atoms with Crippen molar-refractivity contribution in [2.45, 2.75) is 39.8 Å². The molecule has 0 saturated heterocycles. The van der Waals surface area contributed by atoms with Gasteiger partial charge in [0.1, 0.15) is 11.6 Å². The number of aryl methyl sites for hydroxylation is 1. The van der Waals surface area contributed by atoms with E-state index in [1.807, 2.05) is 29.8 Å². The van der Waals surface area contributed by atoms with E-state index in [2.05, 4.69) is 48.8 Å². The largest absolute Gasteiger partial charge is 0.352 e. The summed E-state index contributed by atoms with van der Waals surface area (Å²) in [5.74, 6) is 0.0297. The Kier molecular flexibility index (Phi) is 5.34. The van der Waals surface area contributed by atoms with Gasteiger partial charge in [0.15, 0.2) is 0 Å². The Labute approximate surface area is 152 Å². The van der Waals surface area contributed by atoms with Gasteiger partial charge in [-0.2, -0.15) is 0 Å². The number of benzene rings is 1. The normalized spacial score (nSPS) is 12.1. The van der Waals surface area contributed by atoms with Crippen molar-refractivity contribution in [3.63, 3.8) is 0 Å². The van der Waals surface area contributed by atoms with Crippen molar-refractivity contribution >= 4 is 17.2 Å². The third-order valence-corrected chi connectivity index (χ3v) is 5.10. The number of nitrogens with one attached hydrogen (secondary N) is 1. The maximum Gasteiger partial charge on any atom is 0.240 e. The van der Waals surface area contributed by atoms with Crippen LogP contribution in [0.3, 0.4) is 0 Å². The minimum absolute atomic E-state index is 0.0297. The van der Waals surface area contributed by atoms with Crippen LogP contribution in [0.1, 0.15) is 25.8 Å². The molecule has 2 aromatic heterocycles. The molecule has 4 nitrogen and oxygen atoms in total. The third kappa shape index (κ3) is 4.17. The number of aromatic nitrogens is 2. The van der Waals surface area contributed by atoms with Gasteiger partial charge < -0.3 is 9.88 Å². The first-order chi connectivity index (χ1) is 12.1. The van der Waals surface area contributed by atoms with Crippen LogP contribution < -0.4 is 5.32 Å². The lowest BCUT2D eigenvalue weighted by molar-refractivity contribution is -0.122. The van der Waals surface area contributed by atoms with Crippen LogP contribution in [0.2, 0.25) is 0 Å². The van der Waals surface area contributed by atoms with Gasteiger partial charge in [-0.15, -0.1) is 11.3 Å². The van der Waals surface area contributed by atoms with E-state index in [-0.39, 0.29) is 11.9 Å². The minimum Gasteiger partial charge on any atom is -0.352 e. The fraction of sp³-hybridized carbons (Fsp3) is 0.300. The Bertz CT molecular complexity index is 848. The average Bonchev–Trinajstić information content (AvgIpc) is 3.24. The first kappa shape index (κ1) is 17.4. The summed E-state index contributed by atoms with van der Waals surface area (Å²) < 4.78 is 1.95. The van der Waals surface area contributed by atoms with Crippen molar-refractivity contribution in [2.75, 3.05) is 0 Å². The third-order valence-electron chi connectivity index (χ3n) is 4.23. The van der Waals surface area contributed by atoms with E-state index in [0.717, 1.165) is 28.4 Å². The Balaban J connectivity index is 1.78. The summed E-state index contributed by atoms with van der Waals surface area (Å²) in [5, 5.41) is 6.00. The van der Waals surface area contributed by atoms with Crippen molar-refractivity contribution in [1.29, 1.82) is 0 Å². The summed E-state index contributed by atoms with van der Waals surface area (Å²) in [7, 11) is 0. The van der Waals surface area contributed by atoms with Gasteiger partial charge in [0, 0.05) is 23.2 Å².